The van der Waals surface area contributed by atoms with E-state index in [9.17, 15) is 32.3 Å². The number of fused-ring (bicyclic) bond motifs is 1. The number of likely N-dealkylation sites (tertiary alicyclic amines) is 1. The molecule has 2 aromatic rings. The fourth-order valence-corrected chi connectivity index (χ4v) is 7.68. The number of urea groups is 1. The molecular formula is C35H41ClF3N5O7. The zero-order valence-electron chi connectivity index (χ0n) is 28.0. The standard InChI is InChI=1S/C35H41ClF3N5O7/c36-28-20-23(19-27(35(37,38)39)31(28)50-22-45)21-30(32(46)42-15-13-41(14-16-42)25-8-17-49-18-9-25)51-34(48)43-10-6-26(7-11-43)44-12-5-24-3-1-2-4-29(24)40-33(44)47/h1-4,19-20,22,25-26,30H,5-18,21H2,(H,40,47)/t30-/m1/s1. The molecule has 3 fully saturated rings. The molecule has 0 aliphatic carbocycles. The lowest BCUT2D eigenvalue weighted by Crippen LogP contribution is -2.56. The Morgan fingerprint density at radius 1 is 0.961 bits per heavy atom. The molecule has 0 unspecified atom stereocenters. The van der Waals surface area contributed by atoms with Crippen molar-refractivity contribution in [3.63, 3.8) is 0 Å². The third-order valence-corrected chi connectivity index (χ3v) is 10.4. The Morgan fingerprint density at radius 2 is 1.67 bits per heavy atom. The first-order valence-corrected chi connectivity index (χ1v) is 17.6. The van der Waals surface area contributed by atoms with E-state index in [1.165, 1.54) is 11.0 Å². The molecule has 1 atom stereocenters. The molecule has 2 aromatic carbocycles. The summed E-state index contributed by atoms with van der Waals surface area (Å²) in [6, 6.07) is 9.58. The Kier molecular flexibility index (Phi) is 11.6. The summed E-state index contributed by atoms with van der Waals surface area (Å²) in [5.41, 5.74) is 0.512. The minimum absolute atomic E-state index is 0.0237. The number of hydrogen-bond donors (Lipinski definition) is 1. The topological polar surface area (TPSA) is 121 Å². The number of alkyl halides is 3. The lowest BCUT2D eigenvalue weighted by atomic mass is 10.0. The number of carbonyl (C=O) groups excluding carboxylic acids is 4. The highest BCUT2D eigenvalue weighted by Crippen LogP contribution is 2.41. The summed E-state index contributed by atoms with van der Waals surface area (Å²) in [7, 11) is 0. The fraction of sp³-hybridized carbons (Fsp3) is 0.543. The average Bonchev–Trinajstić information content (AvgIpc) is 3.30. The van der Waals surface area contributed by atoms with Gasteiger partial charge >= 0.3 is 18.3 Å². The largest absolute Gasteiger partial charge is 0.436 e. The first-order valence-electron chi connectivity index (χ1n) is 17.2. The molecule has 276 valence electrons. The van der Waals surface area contributed by atoms with Gasteiger partial charge in [-0.3, -0.25) is 14.5 Å². The maximum absolute atomic E-state index is 14.0. The first kappa shape index (κ1) is 36.7. The molecule has 1 N–H and O–H groups in total. The van der Waals surface area contributed by atoms with Gasteiger partial charge in [0.15, 0.2) is 11.9 Å². The van der Waals surface area contributed by atoms with Crippen molar-refractivity contribution < 1.29 is 46.6 Å². The van der Waals surface area contributed by atoms with Crippen LogP contribution in [-0.4, -0.2) is 121 Å². The molecule has 4 aliphatic heterocycles. The number of benzene rings is 2. The molecule has 0 bridgehead atoms. The highest BCUT2D eigenvalue weighted by atomic mass is 35.5. The van der Waals surface area contributed by atoms with E-state index >= 15 is 0 Å². The van der Waals surface area contributed by atoms with Gasteiger partial charge in [0.2, 0.25) is 0 Å². The Balaban J connectivity index is 1.14. The molecule has 0 aromatic heterocycles. The molecule has 6 rings (SSSR count). The van der Waals surface area contributed by atoms with Crippen LogP contribution in [0.4, 0.5) is 28.4 Å². The van der Waals surface area contributed by atoms with Crippen LogP contribution in [0.25, 0.3) is 0 Å². The van der Waals surface area contributed by atoms with Gasteiger partial charge in [0.25, 0.3) is 12.4 Å². The molecule has 51 heavy (non-hydrogen) atoms. The van der Waals surface area contributed by atoms with Gasteiger partial charge in [-0.1, -0.05) is 29.8 Å². The second-order valence-corrected chi connectivity index (χ2v) is 13.6. The quantitative estimate of drug-likeness (QED) is 0.384. The van der Waals surface area contributed by atoms with Gasteiger partial charge in [-0.15, -0.1) is 0 Å². The van der Waals surface area contributed by atoms with Crippen LogP contribution < -0.4 is 10.1 Å². The van der Waals surface area contributed by atoms with E-state index in [2.05, 4.69) is 15.0 Å². The molecule has 4 aliphatic rings. The van der Waals surface area contributed by atoms with Crippen molar-refractivity contribution >= 4 is 41.8 Å². The van der Waals surface area contributed by atoms with Gasteiger partial charge in [-0.2, -0.15) is 13.2 Å². The van der Waals surface area contributed by atoms with Gasteiger partial charge in [0, 0.05) is 83.2 Å². The smallest absolute Gasteiger partial charge is 0.420 e. The number of carbonyl (C=O) groups is 4. The zero-order chi connectivity index (χ0) is 36.1. The molecule has 0 radical (unpaired) electrons. The number of amides is 4. The molecule has 16 heteroatoms. The van der Waals surface area contributed by atoms with E-state index in [1.807, 2.05) is 24.3 Å². The molecule has 3 saturated heterocycles. The van der Waals surface area contributed by atoms with E-state index in [0.29, 0.717) is 71.2 Å². The summed E-state index contributed by atoms with van der Waals surface area (Å²) in [4.78, 5) is 58.7. The minimum Gasteiger partial charge on any atom is -0.436 e. The van der Waals surface area contributed by atoms with E-state index in [1.54, 1.807) is 9.80 Å². The number of halogens is 4. The maximum atomic E-state index is 14.0. The van der Waals surface area contributed by atoms with Crippen LogP contribution in [0.3, 0.4) is 0 Å². The highest BCUT2D eigenvalue weighted by Gasteiger charge is 2.39. The van der Waals surface area contributed by atoms with Gasteiger partial charge < -0.3 is 34.2 Å². The molecule has 0 saturated carbocycles. The minimum atomic E-state index is -4.92. The molecule has 12 nitrogen and oxygen atoms in total. The van der Waals surface area contributed by atoms with Crippen LogP contribution >= 0.6 is 11.6 Å². The van der Waals surface area contributed by atoms with Crippen molar-refractivity contribution in [1.82, 2.24) is 19.6 Å². The Labute approximate surface area is 298 Å². The van der Waals surface area contributed by atoms with E-state index in [0.717, 1.165) is 30.2 Å². The van der Waals surface area contributed by atoms with E-state index < -0.39 is 40.6 Å². The number of para-hydroxylation sites is 1. The number of nitrogens with zero attached hydrogens (tertiary/aromatic N) is 4. The summed E-state index contributed by atoms with van der Waals surface area (Å²) < 4.78 is 57.8. The summed E-state index contributed by atoms with van der Waals surface area (Å²) in [5, 5.41) is 2.50. The van der Waals surface area contributed by atoms with Crippen LogP contribution in [-0.2, 0) is 38.1 Å². The van der Waals surface area contributed by atoms with Crippen molar-refractivity contribution in [1.29, 1.82) is 0 Å². The third-order valence-electron chi connectivity index (χ3n) is 10.2. The number of piperidine rings is 1. The second-order valence-electron chi connectivity index (χ2n) is 13.2. The molecule has 0 spiro atoms. The van der Waals surface area contributed by atoms with E-state index in [-0.39, 0.29) is 43.6 Å². The third kappa shape index (κ3) is 8.70. The lowest BCUT2D eigenvalue weighted by molar-refractivity contribution is -0.143. The van der Waals surface area contributed by atoms with Crippen molar-refractivity contribution in [3.8, 4) is 5.75 Å². The zero-order valence-corrected chi connectivity index (χ0v) is 28.8. The Bertz CT molecular complexity index is 1590. The van der Waals surface area contributed by atoms with Gasteiger partial charge in [-0.05, 0) is 61.4 Å². The lowest BCUT2D eigenvalue weighted by Gasteiger charge is -2.41. The Hall–Kier alpha value is -4.08. The van der Waals surface area contributed by atoms with Crippen molar-refractivity contribution in [2.24, 2.45) is 0 Å². The highest BCUT2D eigenvalue weighted by molar-refractivity contribution is 6.32. The average molecular weight is 736 g/mol. The van der Waals surface area contributed by atoms with Crippen LogP contribution in [0.1, 0.15) is 42.4 Å². The van der Waals surface area contributed by atoms with Crippen molar-refractivity contribution in [3.05, 3.63) is 58.1 Å². The van der Waals surface area contributed by atoms with Gasteiger partial charge in [-0.25, -0.2) is 9.59 Å². The number of anilines is 1. The predicted octanol–water partition coefficient (Wildman–Crippen LogP) is 4.82. The number of ether oxygens (including phenoxy) is 3. The number of rotatable bonds is 8. The first-order chi connectivity index (χ1) is 24.5. The Morgan fingerprint density at radius 3 is 2.35 bits per heavy atom. The normalized spacial score (nSPS) is 20.2. The number of hydrogen-bond acceptors (Lipinski definition) is 8. The maximum Gasteiger partial charge on any atom is 0.420 e. The predicted molar refractivity (Wildman–Crippen MR) is 180 cm³/mol. The summed E-state index contributed by atoms with van der Waals surface area (Å²) in [6.45, 7) is 4.16. The van der Waals surface area contributed by atoms with Crippen LogP contribution in [0.15, 0.2) is 36.4 Å². The molecular weight excluding hydrogens is 695 g/mol. The van der Waals surface area contributed by atoms with Crippen LogP contribution in [0.5, 0.6) is 5.75 Å². The summed E-state index contributed by atoms with van der Waals surface area (Å²) in [6.07, 6.45) is -4.10. The summed E-state index contributed by atoms with van der Waals surface area (Å²) >= 11 is 6.13. The molecule has 4 heterocycles. The SMILES string of the molecule is O=COc1c(Cl)cc(C[C@@H](OC(=O)N2CCC(N3CCc4ccccc4NC3=O)CC2)C(=O)N2CCN(C3CCOCC3)CC2)cc1C(F)(F)F. The van der Waals surface area contributed by atoms with Crippen LogP contribution in [0.2, 0.25) is 5.02 Å². The van der Waals surface area contributed by atoms with E-state index in [4.69, 9.17) is 21.1 Å². The number of nitrogens with one attached hydrogen (secondary N) is 1. The van der Waals surface area contributed by atoms with Crippen LogP contribution in [0, 0.1) is 0 Å². The fourth-order valence-electron chi connectivity index (χ4n) is 7.40. The van der Waals surface area contributed by atoms with Gasteiger partial charge in [0.05, 0.1) is 5.02 Å². The van der Waals surface area contributed by atoms with Crippen molar-refractivity contribution in [2.45, 2.75) is 62.9 Å². The second kappa shape index (κ2) is 16.1. The molecule has 4 amide bonds. The number of piperazine rings is 1. The van der Waals surface area contributed by atoms with Gasteiger partial charge in [0.1, 0.15) is 5.56 Å². The summed E-state index contributed by atoms with van der Waals surface area (Å²) in [5.74, 6) is -1.37. The van der Waals surface area contributed by atoms with Crippen molar-refractivity contribution in [2.75, 3.05) is 64.3 Å². The monoisotopic (exact) mass is 735 g/mol.